The van der Waals surface area contributed by atoms with Crippen molar-refractivity contribution in [2.45, 2.75) is 19.3 Å². The molecule has 0 N–H and O–H groups in total. The van der Waals surface area contributed by atoms with E-state index in [4.69, 9.17) is 9.47 Å². The van der Waals surface area contributed by atoms with Gasteiger partial charge in [-0.2, -0.15) is 0 Å². The molecule has 3 heteroatoms. The molecule has 1 aliphatic rings. The minimum Gasteiger partial charge on any atom is -0.497 e. The van der Waals surface area contributed by atoms with Crippen LogP contribution >= 0.6 is 0 Å². The molecular formula is C13H16O3. The van der Waals surface area contributed by atoms with Crippen LogP contribution < -0.4 is 4.74 Å². The summed E-state index contributed by atoms with van der Waals surface area (Å²) in [6, 6.07) is 8.10. The van der Waals surface area contributed by atoms with Crippen molar-refractivity contribution in [1.29, 1.82) is 0 Å². The van der Waals surface area contributed by atoms with Crippen LogP contribution in [0.2, 0.25) is 0 Å². The fourth-order valence-corrected chi connectivity index (χ4v) is 1.92. The molecule has 1 saturated carbocycles. The Morgan fingerprint density at radius 1 is 1.38 bits per heavy atom. The molecule has 0 spiro atoms. The zero-order valence-electron chi connectivity index (χ0n) is 9.60. The molecule has 1 aromatic rings. The van der Waals surface area contributed by atoms with E-state index in [-0.39, 0.29) is 5.97 Å². The highest BCUT2D eigenvalue weighted by molar-refractivity contribution is 5.65. The van der Waals surface area contributed by atoms with Crippen molar-refractivity contribution >= 4 is 5.97 Å². The van der Waals surface area contributed by atoms with Gasteiger partial charge in [0.25, 0.3) is 0 Å². The Bertz CT molecular complexity index is 369. The second-order valence-corrected chi connectivity index (χ2v) is 4.18. The van der Waals surface area contributed by atoms with Crippen LogP contribution in [0.3, 0.4) is 0 Å². The summed E-state index contributed by atoms with van der Waals surface area (Å²) in [5, 5.41) is 0. The molecule has 2 rings (SSSR count). The topological polar surface area (TPSA) is 35.5 Å². The van der Waals surface area contributed by atoms with Gasteiger partial charge in [0.15, 0.2) is 0 Å². The van der Waals surface area contributed by atoms with Crippen molar-refractivity contribution in [2.75, 3.05) is 13.7 Å². The third-order valence-corrected chi connectivity index (χ3v) is 2.97. The lowest BCUT2D eigenvalue weighted by atomic mass is 10.1. The van der Waals surface area contributed by atoms with E-state index < -0.39 is 0 Å². The first-order chi connectivity index (χ1) is 7.70. The quantitative estimate of drug-likeness (QED) is 0.731. The number of carbonyl (C=O) groups excluding carboxylic acids is 1. The van der Waals surface area contributed by atoms with Gasteiger partial charge >= 0.3 is 5.97 Å². The Balaban J connectivity index is 1.88. The molecule has 0 bridgehead atoms. The summed E-state index contributed by atoms with van der Waals surface area (Å²) in [6.45, 7) is 2.00. The van der Waals surface area contributed by atoms with Gasteiger partial charge in [0.2, 0.25) is 0 Å². The maximum atomic E-state index is 10.7. The van der Waals surface area contributed by atoms with Crippen molar-refractivity contribution in [1.82, 2.24) is 0 Å². The van der Waals surface area contributed by atoms with E-state index in [2.05, 4.69) is 12.1 Å². The third-order valence-electron chi connectivity index (χ3n) is 2.97. The highest BCUT2D eigenvalue weighted by atomic mass is 16.5. The first-order valence-electron chi connectivity index (χ1n) is 5.48. The molecule has 1 aliphatic carbocycles. The first kappa shape index (κ1) is 11.0. The Labute approximate surface area is 95.4 Å². The largest absolute Gasteiger partial charge is 0.497 e. The van der Waals surface area contributed by atoms with Crippen molar-refractivity contribution < 1.29 is 14.3 Å². The van der Waals surface area contributed by atoms with Gasteiger partial charge in [0.1, 0.15) is 5.75 Å². The normalized spacial score (nSPS) is 22.6. The van der Waals surface area contributed by atoms with Crippen LogP contribution in [0.5, 0.6) is 5.75 Å². The smallest absolute Gasteiger partial charge is 0.302 e. The van der Waals surface area contributed by atoms with E-state index in [9.17, 15) is 4.79 Å². The Hall–Kier alpha value is -1.51. The molecule has 0 aliphatic heterocycles. The van der Waals surface area contributed by atoms with E-state index in [0.717, 1.165) is 12.2 Å². The third kappa shape index (κ3) is 2.54. The fraction of sp³-hybridized carbons (Fsp3) is 0.462. The molecule has 2 atom stereocenters. The van der Waals surface area contributed by atoms with Crippen LogP contribution in [0.15, 0.2) is 24.3 Å². The summed E-state index contributed by atoms with van der Waals surface area (Å²) in [5.74, 6) is 1.73. The number of esters is 1. The number of carbonyl (C=O) groups is 1. The highest BCUT2D eigenvalue weighted by Gasteiger charge is 2.38. The number of benzene rings is 1. The van der Waals surface area contributed by atoms with E-state index in [1.54, 1.807) is 7.11 Å². The van der Waals surface area contributed by atoms with Crippen LogP contribution in [0.1, 0.15) is 24.8 Å². The van der Waals surface area contributed by atoms with Gasteiger partial charge in [-0.15, -0.1) is 0 Å². The van der Waals surface area contributed by atoms with Gasteiger partial charge in [-0.1, -0.05) is 12.1 Å². The van der Waals surface area contributed by atoms with Gasteiger partial charge in [-0.25, -0.2) is 0 Å². The number of ether oxygens (including phenoxy) is 2. The van der Waals surface area contributed by atoms with Crippen molar-refractivity contribution in [3.63, 3.8) is 0 Å². The summed E-state index contributed by atoms with van der Waals surface area (Å²) < 4.78 is 10.1. The van der Waals surface area contributed by atoms with E-state index >= 15 is 0 Å². The molecule has 86 valence electrons. The van der Waals surface area contributed by atoms with Crippen molar-refractivity contribution in [3.8, 4) is 5.75 Å². The molecule has 0 heterocycles. The van der Waals surface area contributed by atoms with Crippen LogP contribution in [0.25, 0.3) is 0 Å². The average molecular weight is 220 g/mol. The van der Waals surface area contributed by atoms with Gasteiger partial charge in [-0.3, -0.25) is 4.79 Å². The van der Waals surface area contributed by atoms with E-state index in [1.807, 2.05) is 12.1 Å². The Kier molecular flexibility index (Phi) is 3.13. The summed E-state index contributed by atoms with van der Waals surface area (Å²) in [7, 11) is 1.66. The molecule has 0 aromatic heterocycles. The van der Waals surface area contributed by atoms with Gasteiger partial charge in [0.05, 0.1) is 13.7 Å². The summed E-state index contributed by atoms with van der Waals surface area (Å²) in [4.78, 5) is 10.7. The highest BCUT2D eigenvalue weighted by Crippen LogP contribution is 2.47. The summed E-state index contributed by atoms with van der Waals surface area (Å²) in [5.41, 5.74) is 1.30. The molecule has 0 unspecified atom stereocenters. The van der Waals surface area contributed by atoms with Gasteiger partial charge < -0.3 is 9.47 Å². The lowest BCUT2D eigenvalue weighted by molar-refractivity contribution is -0.141. The van der Waals surface area contributed by atoms with Gasteiger partial charge in [0, 0.05) is 12.8 Å². The van der Waals surface area contributed by atoms with E-state index in [1.165, 1.54) is 12.5 Å². The SMILES string of the molecule is COc1ccc([C@@H]2C[C@H]2COC(C)=O)cc1. The number of hydrogen-bond donors (Lipinski definition) is 0. The molecule has 1 aromatic carbocycles. The van der Waals surface area contributed by atoms with Crippen molar-refractivity contribution in [2.24, 2.45) is 5.92 Å². The predicted octanol–water partition coefficient (Wildman–Crippen LogP) is 2.36. The maximum absolute atomic E-state index is 10.7. The Morgan fingerprint density at radius 2 is 2.06 bits per heavy atom. The summed E-state index contributed by atoms with van der Waals surface area (Å²) >= 11 is 0. The van der Waals surface area contributed by atoms with Gasteiger partial charge in [-0.05, 0) is 30.0 Å². The zero-order chi connectivity index (χ0) is 11.5. The minimum absolute atomic E-state index is 0.194. The second kappa shape index (κ2) is 4.56. The Morgan fingerprint density at radius 3 is 2.62 bits per heavy atom. The molecule has 0 saturated heterocycles. The summed E-state index contributed by atoms with van der Waals surface area (Å²) in [6.07, 6.45) is 1.11. The predicted molar refractivity (Wildman–Crippen MR) is 60.5 cm³/mol. The first-order valence-corrected chi connectivity index (χ1v) is 5.48. The molecular weight excluding hydrogens is 204 g/mol. The number of rotatable bonds is 4. The lowest BCUT2D eigenvalue weighted by Crippen LogP contribution is -2.02. The minimum atomic E-state index is -0.194. The second-order valence-electron chi connectivity index (χ2n) is 4.18. The van der Waals surface area contributed by atoms with Crippen LogP contribution in [-0.2, 0) is 9.53 Å². The van der Waals surface area contributed by atoms with Crippen LogP contribution in [0.4, 0.5) is 0 Å². The monoisotopic (exact) mass is 220 g/mol. The standard InChI is InChI=1S/C13H16O3/c1-9(14)16-8-11-7-13(11)10-3-5-12(15-2)6-4-10/h3-6,11,13H,7-8H2,1-2H3/t11-,13-/m0/s1. The molecule has 16 heavy (non-hydrogen) atoms. The molecule has 0 radical (unpaired) electrons. The molecule has 3 nitrogen and oxygen atoms in total. The lowest BCUT2D eigenvalue weighted by Gasteiger charge is -2.03. The average Bonchev–Trinajstić information content (AvgIpc) is 3.06. The van der Waals surface area contributed by atoms with Crippen LogP contribution in [-0.4, -0.2) is 19.7 Å². The van der Waals surface area contributed by atoms with E-state index in [0.29, 0.717) is 18.4 Å². The zero-order valence-corrected chi connectivity index (χ0v) is 9.60. The van der Waals surface area contributed by atoms with Crippen LogP contribution in [0, 0.1) is 5.92 Å². The number of hydrogen-bond acceptors (Lipinski definition) is 3. The van der Waals surface area contributed by atoms with Crippen molar-refractivity contribution in [3.05, 3.63) is 29.8 Å². The maximum Gasteiger partial charge on any atom is 0.302 e. The molecule has 0 amide bonds. The fourth-order valence-electron chi connectivity index (χ4n) is 1.92. The number of methoxy groups -OCH3 is 1. The molecule has 1 fully saturated rings.